The van der Waals surface area contributed by atoms with Crippen molar-refractivity contribution in [3.05, 3.63) is 57.6 Å². The van der Waals surface area contributed by atoms with Gasteiger partial charge in [0.15, 0.2) is 0 Å². The molecular formula is C16H14Br2O2. The molecule has 0 bridgehead atoms. The summed E-state index contributed by atoms with van der Waals surface area (Å²) in [5.41, 5.74) is 3.50. The second-order valence-corrected chi connectivity index (χ2v) is 6.16. The third-order valence-electron chi connectivity index (χ3n) is 3.33. The number of benzene rings is 2. The molecule has 1 heterocycles. The number of alkyl halides is 1. The van der Waals surface area contributed by atoms with E-state index in [2.05, 4.69) is 50.1 Å². The molecule has 2 nitrogen and oxygen atoms in total. The summed E-state index contributed by atoms with van der Waals surface area (Å²) in [5.74, 6) is 1.90. The summed E-state index contributed by atoms with van der Waals surface area (Å²) >= 11 is 7.04. The van der Waals surface area contributed by atoms with Crippen LogP contribution in [0.4, 0.5) is 0 Å². The summed E-state index contributed by atoms with van der Waals surface area (Å²) < 4.78 is 12.8. The summed E-state index contributed by atoms with van der Waals surface area (Å²) in [6.45, 7) is 1.28. The average molecular weight is 398 g/mol. The van der Waals surface area contributed by atoms with Crippen molar-refractivity contribution in [1.82, 2.24) is 0 Å². The zero-order valence-corrected chi connectivity index (χ0v) is 14.0. The van der Waals surface area contributed by atoms with E-state index in [1.54, 1.807) is 0 Å². The predicted molar refractivity (Wildman–Crippen MR) is 86.7 cm³/mol. The summed E-state index contributed by atoms with van der Waals surface area (Å²) in [6.07, 6.45) is 0.972. The Morgan fingerprint density at radius 3 is 2.85 bits per heavy atom. The number of fused-ring (bicyclic) bond motifs is 1. The van der Waals surface area contributed by atoms with E-state index in [9.17, 15) is 0 Å². The lowest BCUT2D eigenvalue weighted by atomic mass is 10.1. The molecule has 0 aliphatic carbocycles. The molecule has 1 aliphatic heterocycles. The van der Waals surface area contributed by atoms with Crippen molar-refractivity contribution in [3.63, 3.8) is 0 Å². The Hall–Kier alpha value is -1.00. The zero-order valence-electron chi connectivity index (χ0n) is 10.9. The average Bonchev–Trinajstić information content (AvgIpc) is 2.93. The SMILES string of the molecule is BrCc1ccccc1OCc1cc(Br)cc2c1OCC2. The highest BCUT2D eigenvalue weighted by Gasteiger charge is 2.18. The van der Waals surface area contributed by atoms with E-state index in [1.807, 2.05) is 18.2 Å². The third-order valence-corrected chi connectivity index (χ3v) is 4.39. The van der Waals surface area contributed by atoms with Crippen molar-refractivity contribution < 1.29 is 9.47 Å². The standard InChI is InChI=1S/C16H14Br2O2/c17-9-12-3-1-2-4-15(12)20-10-13-8-14(18)7-11-5-6-19-16(11)13/h1-4,7-8H,5-6,9-10H2. The lowest BCUT2D eigenvalue weighted by molar-refractivity contribution is 0.290. The van der Waals surface area contributed by atoms with Crippen molar-refractivity contribution in [2.45, 2.75) is 18.4 Å². The molecule has 0 amide bonds. The van der Waals surface area contributed by atoms with Crippen LogP contribution in [0.2, 0.25) is 0 Å². The Labute approximate surface area is 135 Å². The van der Waals surface area contributed by atoms with Crippen molar-refractivity contribution in [2.24, 2.45) is 0 Å². The van der Waals surface area contributed by atoms with Gasteiger partial charge in [-0.05, 0) is 23.8 Å². The summed E-state index contributed by atoms with van der Waals surface area (Å²) in [7, 11) is 0. The maximum absolute atomic E-state index is 5.96. The number of para-hydroxylation sites is 1. The van der Waals surface area contributed by atoms with E-state index in [0.717, 1.165) is 45.5 Å². The predicted octanol–water partition coefficient (Wildman–Crippen LogP) is 4.86. The molecule has 0 aromatic heterocycles. The highest BCUT2D eigenvalue weighted by atomic mass is 79.9. The first-order valence-electron chi connectivity index (χ1n) is 6.48. The van der Waals surface area contributed by atoms with Gasteiger partial charge in [-0.25, -0.2) is 0 Å². The third kappa shape index (κ3) is 2.86. The first-order chi connectivity index (χ1) is 9.78. The van der Waals surface area contributed by atoms with Crippen molar-refractivity contribution >= 4 is 31.9 Å². The monoisotopic (exact) mass is 396 g/mol. The number of hydrogen-bond acceptors (Lipinski definition) is 2. The Morgan fingerprint density at radius 1 is 1.15 bits per heavy atom. The molecule has 0 atom stereocenters. The Kier molecular flexibility index (Phi) is 4.32. The first kappa shape index (κ1) is 14.0. The van der Waals surface area contributed by atoms with Crippen molar-refractivity contribution in [1.29, 1.82) is 0 Å². The molecule has 104 valence electrons. The molecule has 0 radical (unpaired) electrons. The van der Waals surface area contributed by atoms with Crippen molar-refractivity contribution in [2.75, 3.05) is 6.61 Å². The summed E-state index contributed by atoms with van der Waals surface area (Å²) in [5, 5.41) is 0.788. The molecular weight excluding hydrogens is 384 g/mol. The van der Waals surface area contributed by atoms with Gasteiger partial charge in [0.25, 0.3) is 0 Å². The van der Waals surface area contributed by atoms with Crippen LogP contribution in [0, 0.1) is 0 Å². The van der Waals surface area contributed by atoms with E-state index in [1.165, 1.54) is 5.56 Å². The minimum Gasteiger partial charge on any atom is -0.493 e. The van der Waals surface area contributed by atoms with E-state index >= 15 is 0 Å². The van der Waals surface area contributed by atoms with Crippen LogP contribution < -0.4 is 9.47 Å². The van der Waals surface area contributed by atoms with Crippen LogP contribution in [-0.2, 0) is 18.4 Å². The van der Waals surface area contributed by atoms with Crippen LogP contribution in [0.15, 0.2) is 40.9 Å². The Morgan fingerprint density at radius 2 is 2.00 bits per heavy atom. The van der Waals surface area contributed by atoms with Gasteiger partial charge >= 0.3 is 0 Å². The van der Waals surface area contributed by atoms with Crippen molar-refractivity contribution in [3.8, 4) is 11.5 Å². The van der Waals surface area contributed by atoms with Crippen LogP contribution in [0.3, 0.4) is 0 Å². The van der Waals surface area contributed by atoms with Crippen LogP contribution >= 0.6 is 31.9 Å². The summed E-state index contributed by atoms with van der Waals surface area (Å²) in [4.78, 5) is 0. The minimum atomic E-state index is 0.520. The van der Waals surface area contributed by atoms with E-state index in [0.29, 0.717) is 6.61 Å². The van der Waals surface area contributed by atoms with Gasteiger partial charge in [-0.3, -0.25) is 0 Å². The van der Waals surface area contributed by atoms with Gasteiger partial charge in [0.05, 0.1) is 6.61 Å². The van der Waals surface area contributed by atoms with E-state index < -0.39 is 0 Å². The van der Waals surface area contributed by atoms with Crippen LogP contribution in [-0.4, -0.2) is 6.61 Å². The fourth-order valence-electron chi connectivity index (χ4n) is 2.36. The molecule has 2 aromatic rings. The van der Waals surface area contributed by atoms with Gasteiger partial charge in [-0.2, -0.15) is 0 Å². The van der Waals surface area contributed by atoms with Crippen LogP contribution in [0.25, 0.3) is 0 Å². The topological polar surface area (TPSA) is 18.5 Å². The molecule has 0 saturated carbocycles. The lowest BCUT2D eigenvalue weighted by Gasteiger charge is -2.12. The number of ether oxygens (including phenoxy) is 2. The molecule has 1 aliphatic rings. The second kappa shape index (κ2) is 6.19. The fourth-order valence-corrected chi connectivity index (χ4v) is 3.38. The smallest absolute Gasteiger partial charge is 0.129 e. The van der Waals surface area contributed by atoms with Gasteiger partial charge in [-0.15, -0.1) is 0 Å². The highest BCUT2D eigenvalue weighted by Crippen LogP contribution is 2.34. The van der Waals surface area contributed by atoms with E-state index in [-0.39, 0.29) is 0 Å². The van der Waals surface area contributed by atoms with Crippen LogP contribution in [0.5, 0.6) is 11.5 Å². The van der Waals surface area contributed by atoms with Gasteiger partial charge in [-0.1, -0.05) is 50.1 Å². The molecule has 3 rings (SSSR count). The van der Waals surface area contributed by atoms with Gasteiger partial charge in [0.1, 0.15) is 18.1 Å². The summed E-state index contributed by atoms with van der Waals surface area (Å²) in [6, 6.07) is 12.3. The van der Waals surface area contributed by atoms with E-state index in [4.69, 9.17) is 9.47 Å². The maximum Gasteiger partial charge on any atom is 0.129 e. The fraction of sp³-hybridized carbons (Fsp3) is 0.250. The molecule has 2 aromatic carbocycles. The second-order valence-electron chi connectivity index (χ2n) is 4.68. The number of hydrogen-bond donors (Lipinski definition) is 0. The van der Waals surface area contributed by atoms with Gasteiger partial charge < -0.3 is 9.47 Å². The minimum absolute atomic E-state index is 0.520. The quantitative estimate of drug-likeness (QED) is 0.686. The molecule has 0 fully saturated rings. The first-order valence-corrected chi connectivity index (χ1v) is 8.40. The Bertz CT molecular complexity index is 626. The number of rotatable bonds is 4. The maximum atomic E-state index is 5.96. The molecule has 0 saturated heterocycles. The molecule has 20 heavy (non-hydrogen) atoms. The van der Waals surface area contributed by atoms with Gasteiger partial charge in [0.2, 0.25) is 0 Å². The van der Waals surface area contributed by atoms with Gasteiger partial charge in [0, 0.05) is 27.4 Å². The molecule has 0 N–H and O–H groups in total. The highest BCUT2D eigenvalue weighted by molar-refractivity contribution is 9.10. The zero-order chi connectivity index (χ0) is 13.9. The largest absolute Gasteiger partial charge is 0.493 e. The normalized spacial score (nSPS) is 12.9. The lowest BCUT2D eigenvalue weighted by Crippen LogP contribution is -2.00. The number of halogens is 2. The molecule has 4 heteroatoms. The van der Waals surface area contributed by atoms with Crippen LogP contribution in [0.1, 0.15) is 16.7 Å². The molecule has 0 unspecified atom stereocenters. The Balaban J connectivity index is 1.82. The molecule has 0 spiro atoms.